The van der Waals surface area contributed by atoms with E-state index in [4.69, 9.17) is 0 Å². The zero-order valence-electron chi connectivity index (χ0n) is 29.7. The summed E-state index contributed by atoms with van der Waals surface area (Å²) in [6.07, 6.45) is 0. The van der Waals surface area contributed by atoms with Crippen LogP contribution in [0, 0.1) is 0 Å². The van der Waals surface area contributed by atoms with Gasteiger partial charge in [-0.05, 0) is 93.4 Å². The van der Waals surface area contributed by atoms with Crippen LogP contribution in [0.25, 0.3) is 71.6 Å². The molecule has 2 nitrogen and oxygen atoms in total. The molecule has 0 bridgehead atoms. The molecule has 0 fully saturated rings. The van der Waals surface area contributed by atoms with Gasteiger partial charge in [-0.3, -0.25) is 0 Å². The van der Waals surface area contributed by atoms with Gasteiger partial charge in [0.1, 0.15) is 0 Å². The van der Waals surface area contributed by atoms with E-state index in [2.05, 4.69) is 228 Å². The van der Waals surface area contributed by atoms with Crippen LogP contribution in [0.3, 0.4) is 0 Å². The van der Waals surface area contributed by atoms with Crippen molar-refractivity contribution in [2.75, 3.05) is 4.90 Å². The summed E-state index contributed by atoms with van der Waals surface area (Å²) in [5, 5.41) is 5.06. The normalized spacial score (nSPS) is 11.3. The standard InChI is InChI=1S/C52H36N2/c1-3-11-37(12-4-1)39-19-28-44(29-20-39)53(45-30-21-40(22-31-45)38-13-5-2-6-14-38)46-32-23-41(24-33-46)42-25-34-47(35-26-42)54-51-18-10-9-17-49(51)50-36-27-43-15-7-8-16-48(43)52(50)54/h1-36H. The molecule has 0 aliphatic rings. The summed E-state index contributed by atoms with van der Waals surface area (Å²) >= 11 is 0. The lowest BCUT2D eigenvalue weighted by molar-refractivity contribution is 1.19. The Bertz CT molecular complexity index is 2790. The Morgan fingerprint density at radius 3 is 1.20 bits per heavy atom. The van der Waals surface area contributed by atoms with Crippen LogP contribution in [0.4, 0.5) is 17.1 Å². The Morgan fingerprint density at radius 1 is 0.278 bits per heavy atom. The molecule has 254 valence electrons. The van der Waals surface area contributed by atoms with Gasteiger partial charge in [0, 0.05) is 38.9 Å². The van der Waals surface area contributed by atoms with Crippen LogP contribution in [-0.4, -0.2) is 4.57 Å². The highest BCUT2D eigenvalue weighted by atomic mass is 15.1. The molecule has 0 N–H and O–H groups in total. The Balaban J connectivity index is 1.01. The average Bonchev–Trinajstić information content (AvgIpc) is 3.60. The first-order valence-electron chi connectivity index (χ1n) is 18.5. The van der Waals surface area contributed by atoms with E-state index in [0.29, 0.717) is 0 Å². The lowest BCUT2D eigenvalue weighted by Crippen LogP contribution is -2.09. The van der Waals surface area contributed by atoms with Gasteiger partial charge in [-0.25, -0.2) is 0 Å². The maximum absolute atomic E-state index is 2.42. The summed E-state index contributed by atoms with van der Waals surface area (Å²) in [4.78, 5) is 2.34. The minimum absolute atomic E-state index is 1.10. The Labute approximate surface area is 315 Å². The van der Waals surface area contributed by atoms with E-state index in [9.17, 15) is 0 Å². The molecular weight excluding hydrogens is 653 g/mol. The second-order valence-electron chi connectivity index (χ2n) is 13.8. The fraction of sp³-hybridized carbons (Fsp3) is 0. The third kappa shape index (κ3) is 5.62. The molecule has 0 unspecified atom stereocenters. The van der Waals surface area contributed by atoms with Gasteiger partial charge < -0.3 is 9.47 Å². The predicted octanol–water partition coefficient (Wildman–Crippen LogP) is 14.4. The van der Waals surface area contributed by atoms with Gasteiger partial charge in [-0.15, -0.1) is 0 Å². The van der Waals surface area contributed by atoms with Gasteiger partial charge in [0.05, 0.1) is 11.0 Å². The third-order valence-electron chi connectivity index (χ3n) is 10.6. The molecule has 0 saturated heterocycles. The van der Waals surface area contributed by atoms with Crippen molar-refractivity contribution in [3.05, 3.63) is 218 Å². The quantitative estimate of drug-likeness (QED) is 0.162. The molecule has 0 aliphatic heterocycles. The van der Waals surface area contributed by atoms with Crippen molar-refractivity contribution < 1.29 is 0 Å². The van der Waals surface area contributed by atoms with Crippen molar-refractivity contribution in [3.63, 3.8) is 0 Å². The minimum atomic E-state index is 1.10. The molecule has 0 atom stereocenters. The zero-order chi connectivity index (χ0) is 35.8. The SMILES string of the molecule is c1ccc(-c2ccc(N(c3ccc(-c4ccccc4)cc3)c3ccc(-c4ccc(-n5c6ccccc6c6ccc7ccccc7c65)cc4)cc3)cc2)cc1. The number of aromatic nitrogens is 1. The molecule has 10 rings (SSSR count). The topological polar surface area (TPSA) is 8.17 Å². The maximum atomic E-state index is 2.42. The summed E-state index contributed by atoms with van der Waals surface area (Å²) in [5.41, 5.74) is 14.1. The van der Waals surface area contributed by atoms with E-state index in [1.807, 2.05) is 0 Å². The van der Waals surface area contributed by atoms with Crippen molar-refractivity contribution in [2.45, 2.75) is 0 Å². The van der Waals surface area contributed by atoms with Crippen molar-refractivity contribution in [3.8, 4) is 39.1 Å². The number of hydrogen-bond donors (Lipinski definition) is 0. The zero-order valence-corrected chi connectivity index (χ0v) is 29.7. The van der Waals surface area contributed by atoms with E-state index < -0.39 is 0 Å². The Hall–Kier alpha value is -7.16. The van der Waals surface area contributed by atoms with E-state index in [0.717, 1.165) is 22.7 Å². The molecule has 54 heavy (non-hydrogen) atoms. The monoisotopic (exact) mass is 688 g/mol. The van der Waals surface area contributed by atoms with Gasteiger partial charge in [0.25, 0.3) is 0 Å². The first kappa shape index (κ1) is 31.6. The second kappa shape index (κ2) is 13.4. The van der Waals surface area contributed by atoms with Crippen LogP contribution >= 0.6 is 0 Å². The summed E-state index contributed by atoms with van der Waals surface area (Å²) in [6, 6.07) is 78.7. The van der Waals surface area contributed by atoms with Crippen molar-refractivity contribution in [2.24, 2.45) is 0 Å². The largest absolute Gasteiger partial charge is 0.311 e. The molecule has 0 aliphatic carbocycles. The molecule has 0 spiro atoms. The molecule has 2 heteroatoms. The van der Waals surface area contributed by atoms with Crippen LogP contribution in [0.5, 0.6) is 0 Å². The van der Waals surface area contributed by atoms with Gasteiger partial charge >= 0.3 is 0 Å². The van der Waals surface area contributed by atoms with E-state index in [1.165, 1.54) is 66.0 Å². The second-order valence-corrected chi connectivity index (χ2v) is 13.8. The number of fused-ring (bicyclic) bond motifs is 5. The number of rotatable bonds is 7. The van der Waals surface area contributed by atoms with Crippen LogP contribution in [0.15, 0.2) is 218 Å². The maximum Gasteiger partial charge on any atom is 0.0619 e. The Kier molecular flexibility index (Phi) is 7.85. The summed E-state index contributed by atoms with van der Waals surface area (Å²) in [5.74, 6) is 0. The van der Waals surface area contributed by atoms with Gasteiger partial charge in [0.15, 0.2) is 0 Å². The van der Waals surface area contributed by atoms with Crippen LogP contribution < -0.4 is 4.90 Å². The number of para-hydroxylation sites is 1. The van der Waals surface area contributed by atoms with Crippen molar-refractivity contribution in [1.29, 1.82) is 0 Å². The van der Waals surface area contributed by atoms with Crippen LogP contribution in [0.1, 0.15) is 0 Å². The first-order valence-corrected chi connectivity index (χ1v) is 18.5. The highest BCUT2D eigenvalue weighted by Crippen LogP contribution is 2.39. The first-order chi connectivity index (χ1) is 26.8. The molecule has 10 aromatic rings. The highest BCUT2D eigenvalue weighted by Gasteiger charge is 2.16. The lowest BCUT2D eigenvalue weighted by atomic mass is 10.0. The number of benzene rings is 9. The molecule has 0 saturated carbocycles. The fourth-order valence-electron chi connectivity index (χ4n) is 7.92. The van der Waals surface area contributed by atoms with Crippen LogP contribution in [-0.2, 0) is 0 Å². The summed E-state index contributed by atoms with van der Waals surface area (Å²) in [6.45, 7) is 0. The summed E-state index contributed by atoms with van der Waals surface area (Å²) < 4.78 is 2.42. The van der Waals surface area contributed by atoms with Gasteiger partial charge in [-0.2, -0.15) is 0 Å². The number of anilines is 3. The van der Waals surface area contributed by atoms with E-state index in [-0.39, 0.29) is 0 Å². The predicted molar refractivity (Wildman–Crippen MR) is 229 cm³/mol. The minimum Gasteiger partial charge on any atom is -0.311 e. The smallest absolute Gasteiger partial charge is 0.0619 e. The van der Waals surface area contributed by atoms with Crippen molar-refractivity contribution in [1.82, 2.24) is 4.57 Å². The van der Waals surface area contributed by atoms with Crippen LogP contribution in [0.2, 0.25) is 0 Å². The van der Waals surface area contributed by atoms with E-state index in [1.54, 1.807) is 0 Å². The van der Waals surface area contributed by atoms with E-state index >= 15 is 0 Å². The lowest BCUT2D eigenvalue weighted by Gasteiger charge is -2.26. The van der Waals surface area contributed by atoms with Crippen molar-refractivity contribution >= 4 is 49.6 Å². The Morgan fingerprint density at radius 2 is 0.685 bits per heavy atom. The fourth-order valence-corrected chi connectivity index (χ4v) is 7.92. The summed E-state index contributed by atoms with van der Waals surface area (Å²) in [7, 11) is 0. The molecule has 1 heterocycles. The molecular formula is C52H36N2. The average molecular weight is 689 g/mol. The third-order valence-corrected chi connectivity index (χ3v) is 10.6. The number of hydrogen-bond acceptors (Lipinski definition) is 1. The molecule has 0 amide bonds. The molecule has 1 aromatic heterocycles. The molecule has 0 radical (unpaired) electrons. The van der Waals surface area contributed by atoms with Gasteiger partial charge in [0.2, 0.25) is 0 Å². The highest BCUT2D eigenvalue weighted by molar-refractivity contribution is 6.18. The van der Waals surface area contributed by atoms with Gasteiger partial charge in [-0.1, -0.05) is 164 Å². The molecule has 9 aromatic carbocycles. The number of nitrogens with zero attached hydrogens (tertiary/aromatic N) is 2.